The van der Waals surface area contributed by atoms with Crippen molar-refractivity contribution in [3.05, 3.63) is 47.5 Å². The van der Waals surface area contributed by atoms with Gasteiger partial charge in [-0.15, -0.1) is 0 Å². The highest BCUT2D eigenvalue weighted by atomic mass is 16.7. The van der Waals surface area contributed by atoms with E-state index in [1.165, 1.54) is 7.11 Å². The van der Waals surface area contributed by atoms with Gasteiger partial charge in [-0.2, -0.15) is 0 Å². The molecule has 1 saturated heterocycles. The van der Waals surface area contributed by atoms with Crippen molar-refractivity contribution in [3.63, 3.8) is 0 Å². The van der Waals surface area contributed by atoms with E-state index in [1.807, 2.05) is 35.2 Å². The van der Waals surface area contributed by atoms with Crippen molar-refractivity contribution in [2.75, 3.05) is 58.1 Å². The lowest BCUT2D eigenvalue weighted by molar-refractivity contribution is -0.143. The van der Waals surface area contributed by atoms with Crippen LogP contribution in [0.15, 0.2) is 36.4 Å². The Morgan fingerprint density at radius 1 is 1.14 bits per heavy atom. The highest BCUT2D eigenvalue weighted by Crippen LogP contribution is 2.47. The maximum Gasteiger partial charge on any atom is 0.308 e. The lowest BCUT2D eigenvalue weighted by atomic mass is 9.84. The predicted octanol–water partition coefficient (Wildman–Crippen LogP) is 2.88. The molecule has 2 amide bonds. The van der Waals surface area contributed by atoms with Crippen molar-refractivity contribution in [1.82, 2.24) is 9.80 Å². The molecular weight excluding hydrogens is 554 g/mol. The third-order valence-corrected chi connectivity index (χ3v) is 8.77. The topological polar surface area (TPSA) is 129 Å². The molecule has 0 spiro atoms. The Hall–Kier alpha value is -3.83. The number of carbonyl (C=O) groups is 3. The fraction of sp³-hybridized carbons (Fsp3) is 0.531. The second-order valence-corrected chi connectivity index (χ2v) is 11.4. The van der Waals surface area contributed by atoms with Gasteiger partial charge in [0.05, 0.1) is 26.0 Å². The summed E-state index contributed by atoms with van der Waals surface area (Å²) in [6.07, 6.45) is 2.95. The Bertz CT molecular complexity index is 1330. The number of methoxy groups -OCH3 is 1. The quantitative estimate of drug-likeness (QED) is 0.339. The van der Waals surface area contributed by atoms with Crippen molar-refractivity contribution in [1.29, 1.82) is 0 Å². The molecule has 2 aromatic carbocycles. The van der Waals surface area contributed by atoms with E-state index in [9.17, 15) is 24.6 Å². The monoisotopic (exact) mass is 595 g/mol. The highest BCUT2D eigenvalue weighted by molar-refractivity contribution is 6.01. The van der Waals surface area contributed by atoms with E-state index >= 15 is 0 Å². The van der Waals surface area contributed by atoms with Gasteiger partial charge in [-0.1, -0.05) is 31.5 Å². The summed E-state index contributed by atoms with van der Waals surface area (Å²) in [4.78, 5) is 45.0. The molecule has 232 valence electrons. The predicted molar refractivity (Wildman–Crippen MR) is 159 cm³/mol. The third-order valence-electron chi connectivity index (χ3n) is 8.77. The number of aliphatic carboxylic acids is 1. The molecule has 3 aliphatic rings. The first-order chi connectivity index (χ1) is 20.9. The largest absolute Gasteiger partial charge is 0.493 e. The molecule has 0 saturated carbocycles. The number of likely N-dealkylation sites (tertiary alicyclic amines) is 1. The normalized spacial score (nSPS) is 20.9. The van der Waals surface area contributed by atoms with E-state index in [2.05, 4.69) is 6.92 Å². The number of aliphatic hydroxyl groups is 1. The lowest BCUT2D eigenvalue weighted by Crippen LogP contribution is -2.46. The van der Waals surface area contributed by atoms with Crippen LogP contribution in [0.2, 0.25) is 0 Å². The minimum atomic E-state index is -0.960. The summed E-state index contributed by atoms with van der Waals surface area (Å²) in [7, 11) is 1.53. The first-order valence-corrected chi connectivity index (χ1v) is 15.1. The standard InChI is InChI=1S/C32H41N3O8/c1-3-4-11-33(12-7-14-36)29(38)19-34-18-23(22-15-26(41-2)31-27(16-22)42-20-43-31)30(32(39)40)25(34)10-13-35-24-9-6-5-8-21(24)17-28(35)37/h5-6,8-9,15-16,23,25,30,36H,3-4,7,10-14,17-20H2,1-2H3,(H,39,40). The number of carboxylic acids is 1. The number of benzene rings is 2. The zero-order valence-corrected chi connectivity index (χ0v) is 24.9. The van der Waals surface area contributed by atoms with Crippen LogP contribution in [0.5, 0.6) is 17.2 Å². The summed E-state index contributed by atoms with van der Waals surface area (Å²) in [5, 5.41) is 20.0. The van der Waals surface area contributed by atoms with Crippen molar-refractivity contribution in [3.8, 4) is 17.2 Å². The summed E-state index contributed by atoms with van der Waals surface area (Å²) in [6, 6.07) is 10.8. The number of rotatable bonds is 14. The van der Waals surface area contributed by atoms with Crippen LogP contribution >= 0.6 is 0 Å². The number of nitrogens with zero attached hydrogens (tertiary/aromatic N) is 3. The summed E-state index contributed by atoms with van der Waals surface area (Å²) < 4.78 is 16.7. The number of hydrogen-bond acceptors (Lipinski definition) is 8. The van der Waals surface area contributed by atoms with E-state index in [1.54, 1.807) is 15.9 Å². The molecule has 3 aliphatic heterocycles. The lowest BCUT2D eigenvalue weighted by Gasteiger charge is -2.31. The van der Waals surface area contributed by atoms with Crippen LogP contribution < -0.4 is 19.1 Å². The molecule has 2 aromatic rings. The van der Waals surface area contributed by atoms with E-state index in [0.717, 1.165) is 29.7 Å². The summed E-state index contributed by atoms with van der Waals surface area (Å²) in [5.74, 6) is -0.913. The van der Waals surface area contributed by atoms with Gasteiger partial charge in [0.1, 0.15) is 0 Å². The van der Waals surface area contributed by atoms with Gasteiger partial charge in [-0.05, 0) is 48.6 Å². The first-order valence-electron chi connectivity index (χ1n) is 15.1. The third kappa shape index (κ3) is 6.42. The van der Waals surface area contributed by atoms with Gasteiger partial charge in [0.15, 0.2) is 11.5 Å². The number of hydrogen-bond donors (Lipinski definition) is 2. The number of amides is 2. The molecular formula is C32H41N3O8. The Balaban J connectivity index is 1.45. The van der Waals surface area contributed by atoms with Crippen LogP contribution in [0.3, 0.4) is 0 Å². The molecule has 2 N–H and O–H groups in total. The van der Waals surface area contributed by atoms with E-state index in [-0.39, 0.29) is 31.8 Å². The molecule has 5 rings (SSSR count). The molecule has 11 nitrogen and oxygen atoms in total. The van der Waals surface area contributed by atoms with Gasteiger partial charge in [0.2, 0.25) is 24.4 Å². The van der Waals surface area contributed by atoms with Gasteiger partial charge >= 0.3 is 5.97 Å². The van der Waals surface area contributed by atoms with Gasteiger partial charge < -0.3 is 34.2 Å². The molecule has 43 heavy (non-hydrogen) atoms. The Morgan fingerprint density at radius 2 is 1.93 bits per heavy atom. The Kier molecular flexibility index (Phi) is 9.72. The van der Waals surface area contributed by atoms with Crippen LogP contribution in [-0.4, -0.2) is 97.1 Å². The maximum atomic E-state index is 13.6. The van der Waals surface area contributed by atoms with E-state index < -0.39 is 23.8 Å². The SMILES string of the molecule is CCCCN(CCCO)C(=O)CN1CC(c2cc(OC)c3c(c2)OCO3)C(C(=O)O)C1CCN1C(=O)Cc2ccccc21. The minimum absolute atomic E-state index is 0.0112. The summed E-state index contributed by atoms with van der Waals surface area (Å²) in [5.41, 5.74) is 2.55. The molecule has 1 fully saturated rings. The zero-order valence-electron chi connectivity index (χ0n) is 24.9. The molecule has 0 bridgehead atoms. The summed E-state index contributed by atoms with van der Waals surface area (Å²) in [6.45, 7) is 3.85. The molecule has 11 heteroatoms. The number of ether oxygens (including phenoxy) is 3. The molecule has 3 unspecified atom stereocenters. The first kappa shape index (κ1) is 30.6. The number of para-hydroxylation sites is 1. The zero-order chi connectivity index (χ0) is 30.5. The van der Waals surface area contributed by atoms with Crippen LogP contribution in [0.4, 0.5) is 5.69 Å². The van der Waals surface area contributed by atoms with E-state index in [0.29, 0.717) is 62.7 Å². The number of fused-ring (bicyclic) bond motifs is 2. The van der Waals surface area contributed by atoms with Crippen molar-refractivity contribution < 1.29 is 38.8 Å². The number of unbranched alkanes of at least 4 members (excludes halogenated alkanes) is 1. The minimum Gasteiger partial charge on any atom is -0.493 e. The van der Waals surface area contributed by atoms with E-state index in [4.69, 9.17) is 14.2 Å². The van der Waals surface area contributed by atoms with Crippen LogP contribution in [0.1, 0.15) is 49.7 Å². The number of anilines is 1. The average Bonchev–Trinajstić information content (AvgIpc) is 3.70. The number of carbonyl (C=O) groups excluding carboxylic acids is 2. The second kappa shape index (κ2) is 13.6. The fourth-order valence-corrected chi connectivity index (χ4v) is 6.62. The summed E-state index contributed by atoms with van der Waals surface area (Å²) >= 11 is 0. The van der Waals surface area contributed by atoms with Crippen LogP contribution in [0.25, 0.3) is 0 Å². The fourth-order valence-electron chi connectivity index (χ4n) is 6.62. The highest BCUT2D eigenvalue weighted by Gasteiger charge is 2.48. The average molecular weight is 596 g/mol. The van der Waals surface area contributed by atoms with Gasteiger partial charge in [-0.25, -0.2) is 0 Å². The second-order valence-electron chi connectivity index (χ2n) is 11.4. The molecule has 3 atom stereocenters. The van der Waals surface area contributed by atoms with Crippen LogP contribution in [0, 0.1) is 5.92 Å². The van der Waals surface area contributed by atoms with Crippen molar-refractivity contribution in [2.45, 2.75) is 51.0 Å². The molecule has 3 heterocycles. The maximum absolute atomic E-state index is 13.6. The van der Waals surface area contributed by atoms with Crippen molar-refractivity contribution in [2.24, 2.45) is 5.92 Å². The van der Waals surface area contributed by atoms with Crippen LogP contribution in [-0.2, 0) is 20.8 Å². The molecule has 0 radical (unpaired) electrons. The molecule has 0 aromatic heterocycles. The Labute approximate surface area is 251 Å². The Morgan fingerprint density at radius 3 is 2.67 bits per heavy atom. The molecule has 0 aliphatic carbocycles. The number of aliphatic hydroxyl groups excluding tert-OH is 1. The van der Waals surface area contributed by atoms with Gasteiger partial charge in [-0.3, -0.25) is 19.3 Å². The van der Waals surface area contributed by atoms with Gasteiger partial charge in [0, 0.05) is 50.4 Å². The van der Waals surface area contributed by atoms with Gasteiger partial charge in [0.25, 0.3) is 0 Å². The number of carboxylic acid groups (broad SMARTS) is 1. The smallest absolute Gasteiger partial charge is 0.308 e. The van der Waals surface area contributed by atoms with Crippen molar-refractivity contribution >= 4 is 23.5 Å².